The molecule has 1 heterocycles. The molecule has 0 bridgehead atoms. The van der Waals surface area contributed by atoms with Gasteiger partial charge >= 0.3 is 12.0 Å². The van der Waals surface area contributed by atoms with Gasteiger partial charge in [0.1, 0.15) is 6.54 Å². The zero-order valence-electron chi connectivity index (χ0n) is 11.2. The van der Waals surface area contributed by atoms with Gasteiger partial charge in [0.25, 0.3) is 0 Å². The van der Waals surface area contributed by atoms with Crippen LogP contribution in [-0.2, 0) is 9.59 Å². The number of hydrogen-bond acceptors (Lipinski definition) is 4. The second-order valence-electron chi connectivity index (χ2n) is 4.42. The van der Waals surface area contributed by atoms with Crippen molar-refractivity contribution in [1.82, 2.24) is 10.2 Å². The highest BCUT2D eigenvalue weighted by molar-refractivity contribution is 7.10. The molecular weight excluding hydrogens is 282 g/mol. The fourth-order valence-corrected chi connectivity index (χ4v) is 2.34. The Morgan fingerprint density at radius 2 is 2.10 bits per heavy atom. The molecule has 1 unspecified atom stereocenters. The maximum atomic E-state index is 12.1. The number of carbonyl (C=O) groups is 3. The molecule has 1 aromatic heterocycles. The number of nitrogens with one attached hydrogen (secondary N) is 1. The third-order valence-corrected chi connectivity index (χ3v) is 3.49. The normalized spacial score (nSPS) is 11.9. The molecule has 1 rings (SSSR count). The number of carbonyl (C=O) groups excluding carboxylic acids is 2. The van der Waals surface area contributed by atoms with Crippen molar-refractivity contribution < 1.29 is 19.5 Å². The quantitative estimate of drug-likeness (QED) is 0.720. The van der Waals surface area contributed by atoms with Crippen molar-refractivity contribution in [3.8, 4) is 0 Å². The molecule has 0 spiro atoms. The summed E-state index contributed by atoms with van der Waals surface area (Å²) in [5.41, 5.74) is 5.08. The van der Waals surface area contributed by atoms with Gasteiger partial charge < -0.3 is 21.1 Å². The third-order valence-electron chi connectivity index (χ3n) is 2.55. The molecule has 8 heteroatoms. The molecule has 0 saturated heterocycles. The summed E-state index contributed by atoms with van der Waals surface area (Å²) in [6.45, 7) is 3.16. The molecule has 0 radical (unpaired) electrons. The number of primary amides is 1. The van der Waals surface area contributed by atoms with Crippen molar-refractivity contribution in [1.29, 1.82) is 0 Å². The van der Waals surface area contributed by atoms with Crippen LogP contribution in [0.25, 0.3) is 0 Å². The minimum atomic E-state index is -1.16. The van der Waals surface area contributed by atoms with Crippen molar-refractivity contribution in [2.75, 3.05) is 6.54 Å². The number of amides is 3. The lowest BCUT2D eigenvalue weighted by atomic mass is 10.2. The van der Waals surface area contributed by atoms with Crippen molar-refractivity contribution in [2.45, 2.75) is 25.9 Å². The molecular formula is C12H17N3O4S. The van der Waals surface area contributed by atoms with Crippen LogP contribution in [0.1, 0.15) is 24.8 Å². The zero-order chi connectivity index (χ0) is 15.3. The number of rotatable bonds is 6. The number of aliphatic carboxylic acids is 1. The second kappa shape index (κ2) is 6.90. The van der Waals surface area contributed by atoms with Crippen molar-refractivity contribution in [3.05, 3.63) is 22.4 Å². The average molecular weight is 299 g/mol. The Bertz CT molecular complexity index is 487. The van der Waals surface area contributed by atoms with E-state index in [1.54, 1.807) is 31.4 Å². The van der Waals surface area contributed by atoms with Crippen molar-refractivity contribution in [2.24, 2.45) is 5.73 Å². The summed E-state index contributed by atoms with van der Waals surface area (Å²) in [5.74, 6) is -1.82. The molecule has 0 fully saturated rings. The van der Waals surface area contributed by atoms with Crippen LogP contribution < -0.4 is 11.1 Å². The Hall–Kier alpha value is -2.09. The summed E-state index contributed by atoms with van der Waals surface area (Å²) in [7, 11) is 0. The molecule has 0 aliphatic carbocycles. The summed E-state index contributed by atoms with van der Waals surface area (Å²) in [6, 6.07) is 1.26. The summed E-state index contributed by atoms with van der Waals surface area (Å²) in [5, 5.41) is 13.3. The fourth-order valence-electron chi connectivity index (χ4n) is 1.57. The van der Waals surface area contributed by atoms with E-state index in [0.717, 1.165) is 0 Å². The molecule has 7 nitrogen and oxygen atoms in total. The maximum absolute atomic E-state index is 12.1. The van der Waals surface area contributed by atoms with E-state index in [9.17, 15) is 19.5 Å². The van der Waals surface area contributed by atoms with Crippen LogP contribution in [0.5, 0.6) is 0 Å². The van der Waals surface area contributed by atoms with Gasteiger partial charge in [-0.2, -0.15) is 0 Å². The van der Waals surface area contributed by atoms with Gasteiger partial charge in [-0.15, -0.1) is 11.3 Å². The Balaban J connectivity index is 2.84. The van der Waals surface area contributed by atoms with Crippen LogP contribution in [0.3, 0.4) is 0 Å². The van der Waals surface area contributed by atoms with E-state index in [4.69, 9.17) is 5.73 Å². The molecule has 20 heavy (non-hydrogen) atoms. The van der Waals surface area contributed by atoms with E-state index >= 15 is 0 Å². The standard InChI is InChI=1S/C12H17N3O4S/c1-7(2)15(6-9(13)16)12(19)14-10(11(17)18)8-4-3-5-20-8/h3-5,7,10H,6H2,1-2H3,(H2,13,16)(H,14,19)(H,17,18). The molecule has 0 aliphatic rings. The number of thiophene rings is 1. The first-order valence-electron chi connectivity index (χ1n) is 5.94. The van der Waals surface area contributed by atoms with E-state index in [1.807, 2.05) is 0 Å². The summed E-state index contributed by atoms with van der Waals surface area (Å²) < 4.78 is 0. The van der Waals surface area contributed by atoms with Crippen LogP contribution in [0.4, 0.5) is 4.79 Å². The predicted octanol–water partition coefficient (Wildman–Crippen LogP) is 0.779. The molecule has 1 atom stereocenters. The number of carboxylic acids is 1. The third kappa shape index (κ3) is 4.23. The van der Waals surface area contributed by atoms with Crippen LogP contribution in [0, 0.1) is 0 Å². The molecule has 0 aromatic carbocycles. The Labute approximate surface area is 120 Å². The molecule has 1 aromatic rings. The lowest BCUT2D eigenvalue weighted by Crippen LogP contribution is -2.49. The predicted molar refractivity (Wildman–Crippen MR) is 74.3 cm³/mol. The fraction of sp³-hybridized carbons (Fsp3) is 0.417. The maximum Gasteiger partial charge on any atom is 0.331 e. The van der Waals surface area contributed by atoms with Crippen molar-refractivity contribution in [3.63, 3.8) is 0 Å². The topological polar surface area (TPSA) is 113 Å². The van der Waals surface area contributed by atoms with Crippen molar-refractivity contribution >= 4 is 29.2 Å². The first-order chi connectivity index (χ1) is 9.32. The molecule has 4 N–H and O–H groups in total. The summed E-state index contributed by atoms with van der Waals surface area (Å²) in [4.78, 5) is 36.0. The second-order valence-corrected chi connectivity index (χ2v) is 5.40. The van der Waals surface area contributed by atoms with Crippen LogP contribution in [0.15, 0.2) is 17.5 Å². The van der Waals surface area contributed by atoms with Crippen LogP contribution in [-0.4, -0.2) is 40.5 Å². The number of urea groups is 1. The minimum Gasteiger partial charge on any atom is -0.479 e. The van der Waals surface area contributed by atoms with Gasteiger partial charge in [0.15, 0.2) is 6.04 Å². The van der Waals surface area contributed by atoms with Gasteiger partial charge in [-0.3, -0.25) is 4.79 Å². The number of nitrogens with two attached hydrogens (primary N) is 1. The number of carboxylic acid groups (broad SMARTS) is 1. The molecule has 110 valence electrons. The Morgan fingerprint density at radius 3 is 2.50 bits per heavy atom. The summed E-state index contributed by atoms with van der Waals surface area (Å²) in [6.07, 6.45) is 0. The van der Waals surface area contributed by atoms with Crippen LogP contribution in [0.2, 0.25) is 0 Å². The van der Waals surface area contributed by atoms with Gasteiger partial charge in [0.2, 0.25) is 5.91 Å². The minimum absolute atomic E-state index is 0.264. The van der Waals surface area contributed by atoms with E-state index < -0.39 is 23.9 Å². The van der Waals surface area contributed by atoms with Gasteiger partial charge in [0.05, 0.1) is 0 Å². The lowest BCUT2D eigenvalue weighted by Gasteiger charge is -2.27. The molecule has 3 amide bonds. The van der Waals surface area contributed by atoms with Gasteiger partial charge in [-0.1, -0.05) is 6.07 Å². The van der Waals surface area contributed by atoms with Gasteiger partial charge in [-0.25, -0.2) is 9.59 Å². The highest BCUT2D eigenvalue weighted by atomic mass is 32.1. The Morgan fingerprint density at radius 1 is 1.45 bits per heavy atom. The first kappa shape index (κ1) is 16.0. The van der Waals surface area contributed by atoms with E-state index in [-0.39, 0.29) is 12.6 Å². The smallest absolute Gasteiger partial charge is 0.331 e. The van der Waals surface area contributed by atoms with Gasteiger partial charge in [-0.05, 0) is 25.3 Å². The summed E-state index contributed by atoms with van der Waals surface area (Å²) >= 11 is 1.23. The highest BCUT2D eigenvalue weighted by Crippen LogP contribution is 2.19. The SMILES string of the molecule is CC(C)N(CC(N)=O)C(=O)NC(C(=O)O)c1cccs1. The Kier molecular flexibility index (Phi) is 5.51. The lowest BCUT2D eigenvalue weighted by molar-refractivity contribution is -0.139. The number of nitrogens with zero attached hydrogens (tertiary/aromatic N) is 1. The van der Waals surface area contributed by atoms with E-state index in [1.165, 1.54) is 16.2 Å². The largest absolute Gasteiger partial charge is 0.479 e. The molecule has 0 saturated carbocycles. The number of hydrogen-bond donors (Lipinski definition) is 3. The van der Waals surface area contributed by atoms with Crippen LogP contribution >= 0.6 is 11.3 Å². The van der Waals surface area contributed by atoms with E-state index in [0.29, 0.717) is 4.88 Å². The highest BCUT2D eigenvalue weighted by Gasteiger charge is 2.27. The zero-order valence-corrected chi connectivity index (χ0v) is 12.0. The molecule has 0 aliphatic heterocycles. The monoisotopic (exact) mass is 299 g/mol. The van der Waals surface area contributed by atoms with Gasteiger partial charge in [0, 0.05) is 10.9 Å². The van der Waals surface area contributed by atoms with E-state index in [2.05, 4.69) is 5.32 Å². The average Bonchev–Trinajstić information content (AvgIpc) is 2.85. The first-order valence-corrected chi connectivity index (χ1v) is 6.82.